The molecule has 2 rings (SSSR count). The van der Waals surface area contributed by atoms with Gasteiger partial charge in [-0.05, 0) is 50.7 Å². The average Bonchev–Trinajstić information content (AvgIpc) is 2.55. The first-order valence-electron chi connectivity index (χ1n) is 8.11. The van der Waals surface area contributed by atoms with Gasteiger partial charge in [-0.2, -0.15) is 0 Å². The summed E-state index contributed by atoms with van der Waals surface area (Å²) in [5.74, 6) is 0.497. The molecule has 1 aromatic carbocycles. The number of nitrogens with two attached hydrogens (primary N) is 1. The summed E-state index contributed by atoms with van der Waals surface area (Å²) in [6.45, 7) is 5.31. The lowest BCUT2D eigenvalue weighted by atomic mass is 10.2. The number of pyridine rings is 1. The number of rotatable bonds is 6. The van der Waals surface area contributed by atoms with Crippen molar-refractivity contribution in [2.45, 2.75) is 33.0 Å². The monoisotopic (exact) mass is 361 g/mol. The Morgan fingerprint density at radius 3 is 2.68 bits per heavy atom. The van der Waals surface area contributed by atoms with Gasteiger partial charge >= 0.3 is 6.03 Å². The first-order valence-corrected chi connectivity index (χ1v) is 8.49. The molecular formula is C18H24ClN5O. The molecule has 0 saturated heterocycles. The number of hydrogen-bond donors (Lipinski definition) is 3. The quantitative estimate of drug-likeness (QED) is 0.732. The molecule has 2 aromatic rings. The lowest BCUT2D eigenvalue weighted by Gasteiger charge is -2.20. The molecule has 0 bridgehead atoms. The number of amides is 2. The number of hydrogen-bond acceptors (Lipinski definition) is 4. The lowest BCUT2D eigenvalue weighted by Crippen LogP contribution is -2.26. The van der Waals surface area contributed by atoms with Gasteiger partial charge in [-0.25, -0.2) is 9.78 Å². The third-order valence-electron chi connectivity index (χ3n) is 3.87. The first kappa shape index (κ1) is 19.2. The fraction of sp³-hybridized carbons (Fsp3) is 0.333. The van der Waals surface area contributed by atoms with Gasteiger partial charge in [0.25, 0.3) is 0 Å². The summed E-state index contributed by atoms with van der Waals surface area (Å²) in [4.78, 5) is 18.8. The Balaban J connectivity index is 1.99. The Hall–Kier alpha value is -2.15. The van der Waals surface area contributed by atoms with Crippen LogP contribution in [0.5, 0.6) is 0 Å². The molecule has 0 aliphatic rings. The van der Waals surface area contributed by atoms with Crippen LogP contribution in [0.3, 0.4) is 0 Å². The van der Waals surface area contributed by atoms with Gasteiger partial charge in [0.2, 0.25) is 0 Å². The predicted octanol–water partition coefficient (Wildman–Crippen LogP) is 3.68. The number of anilines is 2. The van der Waals surface area contributed by atoms with Crippen LogP contribution in [-0.2, 0) is 13.1 Å². The molecule has 0 fully saturated rings. The van der Waals surface area contributed by atoms with Crippen molar-refractivity contribution in [3.05, 3.63) is 52.7 Å². The average molecular weight is 362 g/mol. The van der Waals surface area contributed by atoms with Crippen molar-refractivity contribution < 1.29 is 4.79 Å². The van der Waals surface area contributed by atoms with Crippen LogP contribution in [0.4, 0.5) is 16.3 Å². The van der Waals surface area contributed by atoms with Crippen LogP contribution >= 0.6 is 11.6 Å². The number of nitrogens with zero attached hydrogens (tertiary/aromatic N) is 2. The maximum Gasteiger partial charge on any atom is 0.324 e. The minimum atomic E-state index is -0.376. The molecule has 0 atom stereocenters. The molecule has 1 aromatic heterocycles. The van der Waals surface area contributed by atoms with E-state index in [0.29, 0.717) is 35.7 Å². The maximum atomic E-state index is 12.1. The zero-order valence-electron chi connectivity index (χ0n) is 14.7. The number of urea groups is 1. The van der Waals surface area contributed by atoms with Crippen LogP contribution in [0.1, 0.15) is 25.1 Å². The van der Waals surface area contributed by atoms with Gasteiger partial charge in [-0.3, -0.25) is 10.2 Å². The van der Waals surface area contributed by atoms with Crippen molar-refractivity contribution in [1.82, 2.24) is 9.88 Å². The van der Waals surface area contributed by atoms with Crippen molar-refractivity contribution in [2.75, 3.05) is 17.7 Å². The minimum absolute atomic E-state index is 0.354. The van der Waals surface area contributed by atoms with Crippen molar-refractivity contribution in [2.24, 2.45) is 5.73 Å². The van der Waals surface area contributed by atoms with E-state index in [9.17, 15) is 4.79 Å². The van der Waals surface area contributed by atoms with E-state index in [1.807, 2.05) is 19.2 Å². The second-order valence-electron chi connectivity index (χ2n) is 6.11. The summed E-state index contributed by atoms with van der Waals surface area (Å²) >= 11 is 6.10. The summed E-state index contributed by atoms with van der Waals surface area (Å²) in [7, 11) is 2.04. The van der Waals surface area contributed by atoms with Crippen LogP contribution in [0.15, 0.2) is 36.4 Å². The molecule has 0 spiro atoms. The van der Waals surface area contributed by atoms with E-state index in [4.69, 9.17) is 17.3 Å². The molecule has 7 heteroatoms. The van der Waals surface area contributed by atoms with E-state index in [2.05, 4.69) is 34.4 Å². The summed E-state index contributed by atoms with van der Waals surface area (Å²) in [6.07, 6.45) is 0. The zero-order valence-corrected chi connectivity index (χ0v) is 15.5. The number of nitrogens with one attached hydrogen (secondary N) is 2. The van der Waals surface area contributed by atoms with Crippen molar-refractivity contribution in [3.63, 3.8) is 0 Å². The topological polar surface area (TPSA) is 83.3 Å². The standard InChI is InChI=1S/C18H24ClN5O/c1-12(2)24(3)11-15-5-4-6-17(21-15)23-18(25)22-14-8-7-13(10-20)16(19)9-14/h4-9,12H,10-11,20H2,1-3H3,(H2,21,22,23,25). The number of carbonyl (C=O) groups excluding carboxylic acids is 1. The Morgan fingerprint density at radius 2 is 2.04 bits per heavy atom. The third-order valence-corrected chi connectivity index (χ3v) is 4.22. The van der Waals surface area contributed by atoms with Gasteiger partial charge in [0.1, 0.15) is 5.82 Å². The lowest BCUT2D eigenvalue weighted by molar-refractivity contribution is 0.261. The van der Waals surface area contributed by atoms with E-state index in [1.165, 1.54) is 0 Å². The van der Waals surface area contributed by atoms with Gasteiger partial charge in [-0.15, -0.1) is 0 Å². The normalized spacial score (nSPS) is 11.0. The second kappa shape index (κ2) is 8.80. The van der Waals surface area contributed by atoms with Crippen molar-refractivity contribution in [1.29, 1.82) is 0 Å². The molecule has 0 radical (unpaired) electrons. The summed E-state index contributed by atoms with van der Waals surface area (Å²) in [5, 5.41) is 5.99. The number of benzene rings is 1. The molecular weight excluding hydrogens is 338 g/mol. The van der Waals surface area contributed by atoms with E-state index in [1.54, 1.807) is 24.3 Å². The Bertz CT molecular complexity index is 735. The number of aromatic nitrogens is 1. The first-order chi connectivity index (χ1) is 11.9. The number of carbonyl (C=O) groups is 1. The summed E-state index contributed by atoms with van der Waals surface area (Å²) in [5.41, 5.74) is 7.89. The smallest absolute Gasteiger partial charge is 0.324 e. The largest absolute Gasteiger partial charge is 0.326 e. The molecule has 4 N–H and O–H groups in total. The molecule has 1 heterocycles. The molecule has 134 valence electrons. The predicted molar refractivity (Wildman–Crippen MR) is 103 cm³/mol. The van der Waals surface area contributed by atoms with E-state index < -0.39 is 0 Å². The Labute approximate surface area is 153 Å². The fourth-order valence-corrected chi connectivity index (χ4v) is 2.40. The highest BCUT2D eigenvalue weighted by Crippen LogP contribution is 2.20. The number of halogens is 1. The fourth-order valence-electron chi connectivity index (χ4n) is 2.14. The molecule has 6 nitrogen and oxygen atoms in total. The van der Waals surface area contributed by atoms with E-state index in [-0.39, 0.29) is 6.03 Å². The van der Waals surface area contributed by atoms with Gasteiger partial charge in [-0.1, -0.05) is 23.7 Å². The van der Waals surface area contributed by atoms with Gasteiger partial charge in [0, 0.05) is 29.8 Å². The van der Waals surface area contributed by atoms with Gasteiger partial charge in [0.05, 0.1) is 5.69 Å². The van der Waals surface area contributed by atoms with Crippen molar-refractivity contribution in [3.8, 4) is 0 Å². The molecule has 25 heavy (non-hydrogen) atoms. The van der Waals surface area contributed by atoms with E-state index in [0.717, 1.165) is 11.3 Å². The molecule has 0 aliphatic heterocycles. The highest BCUT2D eigenvalue weighted by Gasteiger charge is 2.08. The molecule has 0 unspecified atom stereocenters. The SMILES string of the molecule is CC(C)N(C)Cc1cccc(NC(=O)Nc2ccc(CN)c(Cl)c2)n1. The Morgan fingerprint density at radius 1 is 1.28 bits per heavy atom. The molecule has 2 amide bonds. The van der Waals surface area contributed by atoms with Crippen LogP contribution in [0, 0.1) is 0 Å². The third kappa shape index (κ3) is 5.70. The van der Waals surface area contributed by atoms with E-state index >= 15 is 0 Å². The second-order valence-corrected chi connectivity index (χ2v) is 6.52. The highest BCUT2D eigenvalue weighted by atomic mass is 35.5. The maximum absolute atomic E-state index is 12.1. The Kier molecular flexibility index (Phi) is 6.75. The van der Waals surface area contributed by atoms with Gasteiger partial charge < -0.3 is 11.1 Å². The van der Waals surface area contributed by atoms with Crippen LogP contribution in [-0.4, -0.2) is 29.0 Å². The molecule has 0 saturated carbocycles. The van der Waals surface area contributed by atoms with Crippen LogP contribution in [0.2, 0.25) is 5.02 Å². The highest BCUT2D eigenvalue weighted by molar-refractivity contribution is 6.31. The molecule has 0 aliphatic carbocycles. The summed E-state index contributed by atoms with van der Waals surface area (Å²) in [6, 6.07) is 10.8. The van der Waals surface area contributed by atoms with Crippen LogP contribution in [0.25, 0.3) is 0 Å². The summed E-state index contributed by atoms with van der Waals surface area (Å²) < 4.78 is 0. The zero-order chi connectivity index (χ0) is 18.4. The minimum Gasteiger partial charge on any atom is -0.326 e. The van der Waals surface area contributed by atoms with Crippen molar-refractivity contribution >= 4 is 29.1 Å². The van der Waals surface area contributed by atoms with Crippen LogP contribution < -0.4 is 16.4 Å². The van der Waals surface area contributed by atoms with Gasteiger partial charge in [0.15, 0.2) is 0 Å².